The first-order chi connectivity index (χ1) is 9.10. The second-order valence-electron chi connectivity index (χ2n) is 5.40. The average Bonchev–Trinajstić information content (AvgIpc) is 2.39. The molecule has 2 aromatic rings. The third kappa shape index (κ3) is 3.70. The number of rotatable bonds is 4. The van der Waals surface area contributed by atoms with Crippen LogP contribution in [0.25, 0.3) is 0 Å². The van der Waals surface area contributed by atoms with E-state index in [4.69, 9.17) is 0 Å². The summed E-state index contributed by atoms with van der Waals surface area (Å²) in [6.07, 6.45) is 1.10. The molecule has 0 heterocycles. The van der Waals surface area contributed by atoms with Gasteiger partial charge in [-0.15, -0.1) is 0 Å². The van der Waals surface area contributed by atoms with Crippen molar-refractivity contribution in [3.8, 4) is 0 Å². The molecule has 100 valence electrons. The molecule has 1 atom stereocenters. The topological polar surface area (TPSA) is 0 Å². The fourth-order valence-corrected chi connectivity index (χ4v) is 3.07. The first-order valence-corrected chi connectivity index (χ1v) is 7.91. The number of halogens is 1. The second kappa shape index (κ2) is 6.38. The standard InChI is InChI=1S/C18H21Br/c1-13-5-4-6-16(9-13)18(12-19)11-17-10-14(2)7-8-15(17)3/h4-10,18H,11-12H2,1-3H3. The Hall–Kier alpha value is -1.08. The molecule has 2 aromatic carbocycles. The molecule has 0 amide bonds. The maximum absolute atomic E-state index is 3.68. The van der Waals surface area contributed by atoms with Gasteiger partial charge in [0.05, 0.1) is 0 Å². The molecule has 0 aliphatic carbocycles. The van der Waals surface area contributed by atoms with Crippen LogP contribution in [0.5, 0.6) is 0 Å². The summed E-state index contributed by atoms with van der Waals surface area (Å²) in [6.45, 7) is 6.53. The molecular weight excluding hydrogens is 296 g/mol. The summed E-state index contributed by atoms with van der Waals surface area (Å²) in [5, 5.41) is 1.00. The van der Waals surface area contributed by atoms with Gasteiger partial charge in [-0.05, 0) is 49.8 Å². The van der Waals surface area contributed by atoms with Crippen LogP contribution >= 0.6 is 15.9 Å². The maximum Gasteiger partial charge on any atom is 0.0103 e. The van der Waals surface area contributed by atoms with E-state index in [2.05, 4.69) is 79.2 Å². The zero-order valence-corrected chi connectivity index (χ0v) is 13.5. The molecule has 0 aromatic heterocycles. The lowest BCUT2D eigenvalue weighted by Gasteiger charge is -2.17. The van der Waals surface area contributed by atoms with E-state index in [0.29, 0.717) is 5.92 Å². The van der Waals surface area contributed by atoms with Gasteiger partial charge in [0.15, 0.2) is 0 Å². The summed E-state index contributed by atoms with van der Waals surface area (Å²) in [5.74, 6) is 0.542. The van der Waals surface area contributed by atoms with Crippen LogP contribution in [0.3, 0.4) is 0 Å². The maximum atomic E-state index is 3.68. The molecule has 0 aliphatic rings. The molecule has 0 fully saturated rings. The molecule has 1 unspecified atom stereocenters. The van der Waals surface area contributed by atoms with Crippen LogP contribution in [0, 0.1) is 20.8 Å². The number of aryl methyl sites for hydroxylation is 3. The molecule has 0 saturated heterocycles. The van der Waals surface area contributed by atoms with E-state index in [1.165, 1.54) is 27.8 Å². The largest absolute Gasteiger partial charge is 0.0921 e. The van der Waals surface area contributed by atoms with E-state index in [9.17, 15) is 0 Å². The zero-order chi connectivity index (χ0) is 13.8. The highest BCUT2D eigenvalue weighted by Gasteiger charge is 2.12. The Morgan fingerprint density at radius 3 is 2.37 bits per heavy atom. The Morgan fingerprint density at radius 2 is 1.68 bits per heavy atom. The van der Waals surface area contributed by atoms with Crippen LogP contribution in [0.1, 0.15) is 33.7 Å². The Kier molecular flexibility index (Phi) is 4.81. The summed E-state index contributed by atoms with van der Waals surface area (Å²) in [6, 6.07) is 15.6. The van der Waals surface area contributed by atoms with Crippen molar-refractivity contribution in [2.45, 2.75) is 33.1 Å². The van der Waals surface area contributed by atoms with Gasteiger partial charge in [0.2, 0.25) is 0 Å². The SMILES string of the molecule is Cc1cccc(C(CBr)Cc2cc(C)ccc2C)c1. The number of benzene rings is 2. The van der Waals surface area contributed by atoms with Crippen LogP contribution in [-0.4, -0.2) is 5.33 Å². The first kappa shape index (κ1) is 14.3. The summed E-state index contributed by atoms with van der Waals surface area (Å²) in [4.78, 5) is 0. The van der Waals surface area contributed by atoms with E-state index >= 15 is 0 Å². The lowest BCUT2D eigenvalue weighted by atomic mass is 9.90. The number of alkyl halides is 1. The highest BCUT2D eigenvalue weighted by Crippen LogP contribution is 2.25. The van der Waals surface area contributed by atoms with Crippen LogP contribution < -0.4 is 0 Å². The lowest BCUT2D eigenvalue weighted by Crippen LogP contribution is -2.06. The summed E-state index contributed by atoms with van der Waals surface area (Å²) < 4.78 is 0. The molecule has 0 radical (unpaired) electrons. The minimum atomic E-state index is 0.542. The Bertz CT molecular complexity index is 557. The van der Waals surface area contributed by atoms with Gasteiger partial charge >= 0.3 is 0 Å². The van der Waals surface area contributed by atoms with E-state index in [1.807, 2.05) is 0 Å². The predicted octanol–water partition coefficient (Wildman–Crippen LogP) is 5.33. The van der Waals surface area contributed by atoms with Crippen molar-refractivity contribution in [1.82, 2.24) is 0 Å². The van der Waals surface area contributed by atoms with Crippen LogP contribution in [0.15, 0.2) is 42.5 Å². The third-order valence-electron chi connectivity index (χ3n) is 3.67. The fraction of sp³-hybridized carbons (Fsp3) is 0.333. The summed E-state index contributed by atoms with van der Waals surface area (Å²) in [5.41, 5.74) is 6.97. The molecule has 19 heavy (non-hydrogen) atoms. The number of hydrogen-bond donors (Lipinski definition) is 0. The second-order valence-corrected chi connectivity index (χ2v) is 6.05. The minimum Gasteiger partial charge on any atom is -0.0921 e. The minimum absolute atomic E-state index is 0.542. The highest BCUT2D eigenvalue weighted by atomic mass is 79.9. The van der Waals surface area contributed by atoms with Crippen LogP contribution in [-0.2, 0) is 6.42 Å². The van der Waals surface area contributed by atoms with Crippen molar-refractivity contribution >= 4 is 15.9 Å². The third-order valence-corrected chi connectivity index (χ3v) is 4.45. The highest BCUT2D eigenvalue weighted by molar-refractivity contribution is 9.09. The number of hydrogen-bond acceptors (Lipinski definition) is 0. The van der Waals surface area contributed by atoms with E-state index in [1.54, 1.807) is 0 Å². The van der Waals surface area contributed by atoms with Crippen molar-refractivity contribution in [2.75, 3.05) is 5.33 Å². The van der Waals surface area contributed by atoms with Crippen molar-refractivity contribution in [2.24, 2.45) is 0 Å². The van der Waals surface area contributed by atoms with Crippen molar-refractivity contribution in [3.05, 3.63) is 70.3 Å². The van der Waals surface area contributed by atoms with Gasteiger partial charge in [-0.3, -0.25) is 0 Å². The van der Waals surface area contributed by atoms with E-state index in [0.717, 1.165) is 11.8 Å². The molecule has 0 N–H and O–H groups in total. The van der Waals surface area contributed by atoms with Gasteiger partial charge in [-0.2, -0.15) is 0 Å². The molecule has 0 spiro atoms. The molecular formula is C18H21Br. The van der Waals surface area contributed by atoms with Gasteiger partial charge in [-0.25, -0.2) is 0 Å². The summed E-state index contributed by atoms with van der Waals surface area (Å²) in [7, 11) is 0. The van der Waals surface area contributed by atoms with E-state index < -0.39 is 0 Å². The molecule has 1 heteroatoms. The normalized spacial score (nSPS) is 12.4. The van der Waals surface area contributed by atoms with Crippen molar-refractivity contribution in [3.63, 3.8) is 0 Å². The summed E-state index contributed by atoms with van der Waals surface area (Å²) >= 11 is 3.68. The molecule has 2 rings (SSSR count). The quantitative estimate of drug-likeness (QED) is 0.668. The van der Waals surface area contributed by atoms with Gasteiger partial charge < -0.3 is 0 Å². The molecule has 0 nitrogen and oxygen atoms in total. The van der Waals surface area contributed by atoms with Gasteiger partial charge in [-0.1, -0.05) is 69.5 Å². The Balaban J connectivity index is 2.26. The molecule has 0 saturated carbocycles. The predicted molar refractivity (Wildman–Crippen MR) is 87.3 cm³/mol. The zero-order valence-electron chi connectivity index (χ0n) is 11.9. The Labute approximate surface area is 125 Å². The smallest absolute Gasteiger partial charge is 0.0103 e. The molecule has 0 bridgehead atoms. The average molecular weight is 317 g/mol. The van der Waals surface area contributed by atoms with Gasteiger partial charge in [0.25, 0.3) is 0 Å². The van der Waals surface area contributed by atoms with Crippen molar-refractivity contribution in [1.29, 1.82) is 0 Å². The van der Waals surface area contributed by atoms with Crippen LogP contribution in [0.4, 0.5) is 0 Å². The van der Waals surface area contributed by atoms with E-state index in [-0.39, 0.29) is 0 Å². The van der Waals surface area contributed by atoms with Crippen molar-refractivity contribution < 1.29 is 0 Å². The Morgan fingerprint density at radius 1 is 0.947 bits per heavy atom. The van der Waals surface area contributed by atoms with Gasteiger partial charge in [0, 0.05) is 5.33 Å². The van der Waals surface area contributed by atoms with Crippen LogP contribution in [0.2, 0.25) is 0 Å². The lowest BCUT2D eigenvalue weighted by molar-refractivity contribution is 0.770. The van der Waals surface area contributed by atoms with Gasteiger partial charge in [0.1, 0.15) is 0 Å². The first-order valence-electron chi connectivity index (χ1n) is 6.79. The molecule has 0 aliphatic heterocycles. The fourth-order valence-electron chi connectivity index (χ4n) is 2.47. The monoisotopic (exact) mass is 316 g/mol.